The zero-order chi connectivity index (χ0) is 11.5. The molecule has 1 aromatic heterocycles. The lowest BCUT2D eigenvalue weighted by Gasteiger charge is -1.98. The molecule has 1 aromatic carbocycles. The molecule has 0 fully saturated rings. The number of benzene rings is 1. The highest BCUT2D eigenvalue weighted by Crippen LogP contribution is 2.23. The van der Waals surface area contributed by atoms with E-state index in [9.17, 15) is 4.79 Å². The van der Waals surface area contributed by atoms with Gasteiger partial charge in [-0.2, -0.15) is 0 Å². The van der Waals surface area contributed by atoms with Crippen molar-refractivity contribution in [3.63, 3.8) is 0 Å². The lowest BCUT2D eigenvalue weighted by molar-refractivity contribution is 0.0996. The third kappa shape index (κ3) is 2.12. The summed E-state index contributed by atoms with van der Waals surface area (Å²) in [7, 11) is 0. The molecule has 16 heavy (non-hydrogen) atoms. The zero-order valence-electron chi connectivity index (χ0n) is 8.93. The maximum atomic E-state index is 10.9. The highest BCUT2D eigenvalue weighted by Gasteiger charge is 2.08. The third-order valence-corrected chi connectivity index (χ3v) is 3.26. The number of amides is 1. The summed E-state index contributed by atoms with van der Waals surface area (Å²) in [6.45, 7) is 2.11. The number of hydrogen-bond acceptors (Lipinski definition) is 3. The normalized spacial score (nSPS) is 10.3. The highest BCUT2D eigenvalue weighted by atomic mass is 32.1. The second-order valence-corrected chi connectivity index (χ2v) is 4.31. The van der Waals surface area contributed by atoms with E-state index in [4.69, 9.17) is 5.73 Å². The number of aromatic nitrogens is 1. The lowest BCUT2D eigenvalue weighted by atomic mass is 10.1. The van der Waals surface area contributed by atoms with Gasteiger partial charge in [0.05, 0.1) is 0 Å². The van der Waals surface area contributed by atoms with Crippen LogP contribution in [0.5, 0.6) is 0 Å². The van der Waals surface area contributed by atoms with Gasteiger partial charge in [0.1, 0.15) is 10.7 Å². The minimum atomic E-state index is -0.479. The number of nitrogens with zero attached hydrogens (tertiary/aromatic N) is 1. The van der Waals surface area contributed by atoms with Gasteiger partial charge >= 0.3 is 0 Å². The Morgan fingerprint density at radius 3 is 2.56 bits per heavy atom. The molecule has 2 rings (SSSR count). The van der Waals surface area contributed by atoms with Crippen LogP contribution in [0.3, 0.4) is 0 Å². The quantitative estimate of drug-likeness (QED) is 0.883. The van der Waals surface area contributed by atoms with E-state index in [1.807, 2.05) is 12.1 Å². The third-order valence-electron chi connectivity index (χ3n) is 2.37. The van der Waals surface area contributed by atoms with E-state index in [1.165, 1.54) is 16.9 Å². The Kier molecular flexibility index (Phi) is 3.01. The van der Waals surface area contributed by atoms with E-state index in [0.29, 0.717) is 5.69 Å². The molecule has 0 spiro atoms. The van der Waals surface area contributed by atoms with Crippen molar-refractivity contribution in [3.8, 4) is 10.6 Å². The fraction of sp³-hybridized carbons (Fsp3) is 0.167. The number of primary amides is 1. The van der Waals surface area contributed by atoms with Crippen molar-refractivity contribution in [2.45, 2.75) is 13.3 Å². The van der Waals surface area contributed by atoms with Gasteiger partial charge in [-0.05, 0) is 12.0 Å². The molecule has 0 saturated heterocycles. The monoisotopic (exact) mass is 232 g/mol. The van der Waals surface area contributed by atoms with Crippen molar-refractivity contribution in [1.29, 1.82) is 0 Å². The number of nitrogens with two attached hydrogens (primary N) is 1. The Hall–Kier alpha value is -1.68. The summed E-state index contributed by atoms with van der Waals surface area (Å²) in [5, 5.41) is 2.52. The van der Waals surface area contributed by atoms with Crippen LogP contribution < -0.4 is 5.73 Å². The first-order valence-corrected chi connectivity index (χ1v) is 5.93. The molecule has 82 valence electrons. The Bertz CT molecular complexity index is 502. The first-order valence-electron chi connectivity index (χ1n) is 5.05. The molecule has 1 amide bonds. The molecule has 0 bridgehead atoms. The minimum absolute atomic E-state index is 0.333. The lowest BCUT2D eigenvalue weighted by Crippen LogP contribution is -2.10. The van der Waals surface area contributed by atoms with E-state index in [-0.39, 0.29) is 0 Å². The Morgan fingerprint density at radius 1 is 1.38 bits per heavy atom. The topological polar surface area (TPSA) is 56.0 Å². The number of hydrogen-bond donors (Lipinski definition) is 1. The van der Waals surface area contributed by atoms with Gasteiger partial charge < -0.3 is 5.73 Å². The molecule has 0 atom stereocenters. The van der Waals surface area contributed by atoms with Gasteiger partial charge in [-0.1, -0.05) is 31.2 Å². The van der Waals surface area contributed by atoms with Gasteiger partial charge in [-0.3, -0.25) is 4.79 Å². The Morgan fingerprint density at radius 2 is 2.06 bits per heavy atom. The van der Waals surface area contributed by atoms with Crippen LogP contribution in [0.15, 0.2) is 29.6 Å². The molecular formula is C12H12N2OS. The summed E-state index contributed by atoms with van der Waals surface area (Å²) in [6, 6.07) is 8.17. The average molecular weight is 232 g/mol. The molecule has 0 aliphatic rings. The summed E-state index contributed by atoms with van der Waals surface area (Å²) in [5.41, 5.74) is 7.80. The first kappa shape index (κ1) is 10.8. The van der Waals surface area contributed by atoms with Crippen molar-refractivity contribution >= 4 is 17.2 Å². The van der Waals surface area contributed by atoms with Crippen LogP contribution in [-0.2, 0) is 6.42 Å². The predicted molar refractivity (Wildman–Crippen MR) is 65.4 cm³/mol. The van der Waals surface area contributed by atoms with Gasteiger partial charge in [-0.25, -0.2) is 4.98 Å². The molecular weight excluding hydrogens is 220 g/mol. The largest absolute Gasteiger partial charge is 0.364 e. The number of rotatable bonds is 3. The van der Waals surface area contributed by atoms with Crippen LogP contribution in [0.1, 0.15) is 23.0 Å². The smallest absolute Gasteiger partial charge is 0.268 e. The summed E-state index contributed by atoms with van der Waals surface area (Å²) in [5.74, 6) is -0.479. The van der Waals surface area contributed by atoms with E-state index >= 15 is 0 Å². The maximum absolute atomic E-state index is 10.9. The summed E-state index contributed by atoms with van der Waals surface area (Å²) in [4.78, 5) is 15.1. The SMILES string of the molecule is CCc1ccc(-c2nc(C(N)=O)cs2)cc1. The van der Waals surface area contributed by atoms with E-state index in [1.54, 1.807) is 5.38 Å². The van der Waals surface area contributed by atoms with Gasteiger partial charge in [0.2, 0.25) is 0 Å². The van der Waals surface area contributed by atoms with E-state index in [2.05, 4.69) is 24.0 Å². The van der Waals surface area contributed by atoms with Crippen molar-refractivity contribution in [3.05, 3.63) is 40.9 Å². The van der Waals surface area contributed by atoms with Crippen LogP contribution in [-0.4, -0.2) is 10.9 Å². The summed E-state index contributed by atoms with van der Waals surface area (Å²) < 4.78 is 0. The Balaban J connectivity index is 2.31. The van der Waals surface area contributed by atoms with Crippen molar-refractivity contribution < 1.29 is 4.79 Å². The molecule has 2 N–H and O–H groups in total. The summed E-state index contributed by atoms with van der Waals surface area (Å²) >= 11 is 1.43. The fourth-order valence-electron chi connectivity index (χ4n) is 1.40. The van der Waals surface area contributed by atoms with Gasteiger partial charge in [0.15, 0.2) is 0 Å². The minimum Gasteiger partial charge on any atom is -0.364 e. The van der Waals surface area contributed by atoms with Crippen molar-refractivity contribution in [2.75, 3.05) is 0 Å². The molecule has 0 aliphatic heterocycles. The zero-order valence-corrected chi connectivity index (χ0v) is 9.75. The standard InChI is InChI=1S/C12H12N2OS/c1-2-8-3-5-9(6-4-8)12-14-10(7-16-12)11(13)15/h3-7H,2H2,1H3,(H2,13,15). The van der Waals surface area contributed by atoms with Crippen LogP contribution in [0.4, 0.5) is 0 Å². The van der Waals surface area contributed by atoms with Gasteiger partial charge in [0, 0.05) is 10.9 Å². The number of carbonyl (C=O) groups excluding carboxylic acids is 1. The van der Waals surface area contributed by atoms with Crippen molar-refractivity contribution in [1.82, 2.24) is 4.98 Å². The first-order chi connectivity index (χ1) is 7.70. The number of carbonyl (C=O) groups is 1. The Labute approximate surface area is 97.9 Å². The second-order valence-electron chi connectivity index (χ2n) is 3.45. The maximum Gasteiger partial charge on any atom is 0.268 e. The summed E-state index contributed by atoms with van der Waals surface area (Å²) in [6.07, 6.45) is 1.02. The number of aryl methyl sites for hydroxylation is 1. The average Bonchev–Trinajstić information content (AvgIpc) is 2.78. The van der Waals surface area contributed by atoms with E-state index in [0.717, 1.165) is 17.0 Å². The van der Waals surface area contributed by atoms with Crippen LogP contribution >= 0.6 is 11.3 Å². The molecule has 3 nitrogen and oxygen atoms in total. The predicted octanol–water partition coefficient (Wildman–Crippen LogP) is 2.47. The van der Waals surface area contributed by atoms with Crippen LogP contribution in [0, 0.1) is 0 Å². The van der Waals surface area contributed by atoms with Crippen LogP contribution in [0.25, 0.3) is 10.6 Å². The molecule has 0 aliphatic carbocycles. The molecule has 1 heterocycles. The number of thiazole rings is 1. The molecule has 2 aromatic rings. The molecule has 0 unspecified atom stereocenters. The van der Waals surface area contributed by atoms with Gasteiger partial charge in [-0.15, -0.1) is 11.3 Å². The molecule has 0 radical (unpaired) electrons. The van der Waals surface area contributed by atoms with Gasteiger partial charge in [0.25, 0.3) is 5.91 Å². The fourth-order valence-corrected chi connectivity index (χ4v) is 2.22. The van der Waals surface area contributed by atoms with E-state index < -0.39 is 5.91 Å². The second kappa shape index (κ2) is 4.45. The molecule has 4 heteroatoms. The van der Waals surface area contributed by atoms with Crippen molar-refractivity contribution in [2.24, 2.45) is 5.73 Å². The van der Waals surface area contributed by atoms with Crippen LogP contribution in [0.2, 0.25) is 0 Å². The highest BCUT2D eigenvalue weighted by molar-refractivity contribution is 7.13. The molecule has 0 saturated carbocycles.